The van der Waals surface area contributed by atoms with Crippen LogP contribution in [0.1, 0.15) is 37.4 Å². The fraction of sp³-hybridized carbons (Fsp3) is 0.238. The Morgan fingerprint density at radius 3 is 2.44 bits per heavy atom. The zero-order chi connectivity index (χ0) is 17.6. The van der Waals surface area contributed by atoms with E-state index in [2.05, 4.69) is 24.3 Å². The third-order valence-corrected chi connectivity index (χ3v) is 4.18. The minimum absolute atomic E-state index is 0.0714. The Balaban J connectivity index is 1.94. The van der Waals surface area contributed by atoms with Crippen LogP contribution in [-0.2, 0) is 9.53 Å². The molecule has 0 aliphatic carbocycles. The van der Waals surface area contributed by atoms with Gasteiger partial charge in [0.05, 0.1) is 18.4 Å². The number of benzene rings is 2. The molecule has 0 radical (unpaired) electrons. The number of esters is 1. The van der Waals surface area contributed by atoms with Crippen LogP contribution in [0.25, 0.3) is 0 Å². The zero-order valence-electron chi connectivity index (χ0n) is 14.6. The van der Waals surface area contributed by atoms with Gasteiger partial charge in [-0.25, -0.2) is 4.79 Å². The van der Waals surface area contributed by atoms with Crippen LogP contribution in [0, 0.1) is 0 Å². The summed E-state index contributed by atoms with van der Waals surface area (Å²) in [6, 6.07) is 20.5. The minimum atomic E-state index is -0.338. The van der Waals surface area contributed by atoms with Gasteiger partial charge in [-0.2, -0.15) is 5.10 Å². The highest BCUT2D eigenvalue weighted by Gasteiger charge is 2.29. The number of carbonyl (C=O) groups excluding carboxylic acids is 1. The Kier molecular flexibility index (Phi) is 5.29. The van der Waals surface area contributed by atoms with E-state index < -0.39 is 0 Å². The van der Waals surface area contributed by atoms with E-state index in [0.29, 0.717) is 6.61 Å². The van der Waals surface area contributed by atoms with Crippen molar-refractivity contribution in [1.82, 2.24) is 5.01 Å². The Labute approximate surface area is 148 Å². The molecule has 2 aromatic rings. The van der Waals surface area contributed by atoms with Gasteiger partial charge in [0.15, 0.2) is 0 Å². The van der Waals surface area contributed by atoms with Crippen molar-refractivity contribution in [3.8, 4) is 0 Å². The highest BCUT2D eigenvalue weighted by atomic mass is 16.5. The molecule has 0 spiro atoms. The number of ether oxygens (including phenoxy) is 1. The first-order valence-electron chi connectivity index (χ1n) is 8.51. The topological polar surface area (TPSA) is 41.9 Å². The van der Waals surface area contributed by atoms with Crippen molar-refractivity contribution in [3.05, 3.63) is 83.6 Å². The summed E-state index contributed by atoms with van der Waals surface area (Å²) in [5.74, 6) is -0.338. The Morgan fingerprint density at radius 2 is 1.80 bits per heavy atom. The Morgan fingerprint density at radius 1 is 1.16 bits per heavy atom. The molecular weight excluding hydrogens is 312 g/mol. The molecule has 1 atom stereocenters. The number of carbonyl (C=O) groups is 1. The molecule has 3 rings (SSSR count). The maximum Gasteiger partial charge on any atom is 0.332 e. The summed E-state index contributed by atoms with van der Waals surface area (Å²) < 4.78 is 5.03. The standard InChI is InChI=1S/C21H22N2O2/c1-3-25-21(24)14-16(2)23-20(18-12-8-5-9-13-18)15-19(22-23)17-10-6-4-7-11-17/h4-14,20H,3,15H2,1-2H3. The summed E-state index contributed by atoms with van der Waals surface area (Å²) in [4.78, 5) is 11.8. The average molecular weight is 334 g/mol. The van der Waals surface area contributed by atoms with Crippen LogP contribution in [-0.4, -0.2) is 23.3 Å². The van der Waals surface area contributed by atoms with Crippen molar-refractivity contribution < 1.29 is 9.53 Å². The molecule has 2 aromatic carbocycles. The van der Waals surface area contributed by atoms with Gasteiger partial charge < -0.3 is 4.74 Å². The number of hydrazone groups is 1. The number of hydrogen-bond acceptors (Lipinski definition) is 4. The van der Waals surface area contributed by atoms with Gasteiger partial charge in [-0.05, 0) is 25.0 Å². The summed E-state index contributed by atoms with van der Waals surface area (Å²) >= 11 is 0. The minimum Gasteiger partial charge on any atom is -0.463 e. The lowest BCUT2D eigenvalue weighted by molar-refractivity contribution is -0.137. The van der Waals surface area contributed by atoms with E-state index in [-0.39, 0.29) is 12.0 Å². The second kappa shape index (κ2) is 7.79. The average Bonchev–Trinajstić information content (AvgIpc) is 3.09. The molecule has 1 aliphatic rings. The molecule has 0 saturated carbocycles. The van der Waals surface area contributed by atoms with Gasteiger partial charge in [0, 0.05) is 18.2 Å². The molecule has 0 amide bonds. The Bertz CT molecular complexity index is 782. The maximum absolute atomic E-state index is 11.8. The summed E-state index contributed by atoms with van der Waals surface area (Å²) in [6.45, 7) is 4.06. The van der Waals surface area contributed by atoms with Crippen molar-refractivity contribution in [2.45, 2.75) is 26.3 Å². The van der Waals surface area contributed by atoms with Gasteiger partial charge in [-0.3, -0.25) is 5.01 Å². The Hall–Kier alpha value is -2.88. The van der Waals surface area contributed by atoms with Crippen molar-refractivity contribution in [1.29, 1.82) is 0 Å². The summed E-state index contributed by atoms with van der Waals surface area (Å²) in [5.41, 5.74) is 4.08. The highest BCUT2D eigenvalue weighted by Crippen LogP contribution is 2.35. The van der Waals surface area contributed by atoms with Crippen LogP contribution in [0.3, 0.4) is 0 Å². The molecule has 0 saturated heterocycles. The fourth-order valence-corrected chi connectivity index (χ4v) is 3.00. The molecule has 128 valence electrons. The lowest BCUT2D eigenvalue weighted by Crippen LogP contribution is -2.18. The quantitative estimate of drug-likeness (QED) is 0.604. The number of hydrogen-bond donors (Lipinski definition) is 0. The highest BCUT2D eigenvalue weighted by molar-refractivity contribution is 6.02. The summed E-state index contributed by atoms with van der Waals surface area (Å²) in [7, 11) is 0. The smallest absolute Gasteiger partial charge is 0.332 e. The number of allylic oxidation sites excluding steroid dienone is 1. The normalized spacial score (nSPS) is 17.4. The molecule has 1 heterocycles. The first kappa shape index (κ1) is 17.0. The zero-order valence-corrected chi connectivity index (χ0v) is 14.6. The van der Waals surface area contributed by atoms with Crippen LogP contribution < -0.4 is 0 Å². The first-order chi connectivity index (χ1) is 12.2. The van der Waals surface area contributed by atoms with E-state index >= 15 is 0 Å². The third-order valence-electron chi connectivity index (χ3n) is 4.18. The van der Waals surface area contributed by atoms with Gasteiger partial charge in [0.1, 0.15) is 0 Å². The molecule has 1 unspecified atom stereocenters. The van der Waals surface area contributed by atoms with E-state index in [9.17, 15) is 4.79 Å². The first-order valence-corrected chi connectivity index (χ1v) is 8.51. The SMILES string of the molecule is CCOC(=O)C=C(C)N1N=C(c2ccccc2)CC1c1ccccc1. The van der Waals surface area contributed by atoms with E-state index in [1.807, 2.05) is 48.3 Å². The van der Waals surface area contributed by atoms with Crippen molar-refractivity contribution in [2.75, 3.05) is 6.61 Å². The second-order valence-corrected chi connectivity index (χ2v) is 5.93. The lowest BCUT2D eigenvalue weighted by Gasteiger charge is -2.24. The van der Waals surface area contributed by atoms with Gasteiger partial charge in [0.25, 0.3) is 0 Å². The molecule has 4 nitrogen and oxygen atoms in total. The summed E-state index contributed by atoms with van der Waals surface area (Å²) in [6.07, 6.45) is 2.30. The molecule has 0 aromatic heterocycles. The lowest BCUT2D eigenvalue weighted by atomic mass is 9.98. The van der Waals surface area contributed by atoms with E-state index in [4.69, 9.17) is 9.84 Å². The maximum atomic E-state index is 11.8. The largest absolute Gasteiger partial charge is 0.463 e. The third kappa shape index (κ3) is 3.97. The van der Waals surface area contributed by atoms with Crippen LogP contribution in [0.15, 0.2) is 77.5 Å². The van der Waals surface area contributed by atoms with Gasteiger partial charge in [0.2, 0.25) is 0 Å². The number of nitrogens with zero attached hydrogens (tertiary/aromatic N) is 2. The molecule has 0 N–H and O–H groups in total. The second-order valence-electron chi connectivity index (χ2n) is 5.93. The van der Waals surface area contributed by atoms with E-state index in [0.717, 1.165) is 23.4 Å². The van der Waals surface area contributed by atoms with Crippen LogP contribution in [0.2, 0.25) is 0 Å². The summed E-state index contributed by atoms with van der Waals surface area (Å²) in [5, 5.41) is 6.73. The fourth-order valence-electron chi connectivity index (χ4n) is 3.00. The van der Waals surface area contributed by atoms with Crippen LogP contribution >= 0.6 is 0 Å². The van der Waals surface area contributed by atoms with Crippen LogP contribution in [0.4, 0.5) is 0 Å². The molecule has 0 fully saturated rings. The number of rotatable bonds is 5. The van der Waals surface area contributed by atoms with Gasteiger partial charge >= 0.3 is 5.97 Å². The van der Waals surface area contributed by atoms with Crippen molar-refractivity contribution >= 4 is 11.7 Å². The monoisotopic (exact) mass is 334 g/mol. The molecule has 4 heteroatoms. The van der Waals surface area contributed by atoms with Gasteiger partial charge in [-0.1, -0.05) is 60.7 Å². The molecule has 0 bridgehead atoms. The molecule has 1 aliphatic heterocycles. The van der Waals surface area contributed by atoms with E-state index in [1.165, 1.54) is 11.6 Å². The van der Waals surface area contributed by atoms with E-state index in [1.54, 1.807) is 6.92 Å². The molecule has 25 heavy (non-hydrogen) atoms. The van der Waals surface area contributed by atoms with Gasteiger partial charge in [-0.15, -0.1) is 0 Å². The van der Waals surface area contributed by atoms with Crippen molar-refractivity contribution in [2.24, 2.45) is 5.10 Å². The molecular formula is C21H22N2O2. The predicted molar refractivity (Wildman–Crippen MR) is 99.0 cm³/mol. The van der Waals surface area contributed by atoms with Crippen LogP contribution in [0.5, 0.6) is 0 Å². The van der Waals surface area contributed by atoms with Crippen molar-refractivity contribution in [3.63, 3.8) is 0 Å². The predicted octanol–water partition coefficient (Wildman–Crippen LogP) is 4.30.